The Hall–Kier alpha value is -3.38. The van der Waals surface area contributed by atoms with Gasteiger partial charge in [0.1, 0.15) is 43.2 Å². The van der Waals surface area contributed by atoms with Gasteiger partial charge in [0.2, 0.25) is 5.91 Å². The molecule has 3 amide bonds. The first kappa shape index (κ1) is 30.2. The van der Waals surface area contributed by atoms with Crippen LogP contribution in [0.5, 0.6) is 0 Å². The standard InChI is InChI=1S/C23H31N3O13/c27-8-12-14(29)16(31)21(38-12)26-19(33)18-15(30)17(32)20(39-18)25-13(28)7-6-11(22(34)35)24-23(36)37-9-10-4-2-1-3-5-10/h1-5,11-12,14-18,20-21,27,29-32H,6-9H2,(H,24,36)(H,25,28)(H,26,33)(H,34,35)/t11-,12+,14+,15-,16+,17+,18-,20?,21?/m0/s1. The molecule has 3 rings (SSSR count). The van der Waals surface area contributed by atoms with Crippen molar-refractivity contribution < 1.29 is 64.0 Å². The minimum atomic E-state index is -1.81. The van der Waals surface area contributed by atoms with Crippen LogP contribution in [0.3, 0.4) is 0 Å². The van der Waals surface area contributed by atoms with Gasteiger partial charge in [-0.15, -0.1) is 0 Å². The molecule has 0 aromatic heterocycles. The lowest BCUT2D eigenvalue weighted by atomic mass is 10.1. The highest BCUT2D eigenvalue weighted by molar-refractivity contribution is 5.83. The number of amides is 3. The van der Waals surface area contributed by atoms with Crippen LogP contribution in [0.4, 0.5) is 4.79 Å². The fraction of sp³-hybridized carbons (Fsp3) is 0.565. The molecule has 9 atom stereocenters. The lowest BCUT2D eigenvalue weighted by Crippen LogP contribution is -2.50. The topological polar surface area (TPSA) is 253 Å². The number of carboxylic acids is 1. The van der Waals surface area contributed by atoms with Gasteiger partial charge in [-0.05, 0) is 12.0 Å². The van der Waals surface area contributed by atoms with Crippen LogP contribution < -0.4 is 16.0 Å². The zero-order chi connectivity index (χ0) is 28.7. The molecule has 2 unspecified atom stereocenters. The maximum absolute atomic E-state index is 12.5. The van der Waals surface area contributed by atoms with Crippen LogP contribution in [0.2, 0.25) is 0 Å². The molecule has 39 heavy (non-hydrogen) atoms. The van der Waals surface area contributed by atoms with Gasteiger partial charge in [-0.1, -0.05) is 30.3 Å². The third-order valence-corrected chi connectivity index (χ3v) is 6.12. The summed E-state index contributed by atoms with van der Waals surface area (Å²) in [6, 6.07) is 7.19. The van der Waals surface area contributed by atoms with E-state index < -0.39 is 92.0 Å². The van der Waals surface area contributed by atoms with Crippen molar-refractivity contribution in [2.75, 3.05) is 6.61 Å². The van der Waals surface area contributed by atoms with Gasteiger partial charge in [0, 0.05) is 6.42 Å². The van der Waals surface area contributed by atoms with E-state index in [1.165, 1.54) is 0 Å². The first-order chi connectivity index (χ1) is 18.5. The Bertz CT molecular complexity index is 1010. The summed E-state index contributed by atoms with van der Waals surface area (Å²) < 4.78 is 15.3. The maximum Gasteiger partial charge on any atom is 0.408 e. The van der Waals surface area contributed by atoms with Crippen molar-refractivity contribution in [2.45, 2.75) is 74.6 Å². The van der Waals surface area contributed by atoms with Crippen molar-refractivity contribution in [3.05, 3.63) is 35.9 Å². The number of ether oxygens (including phenoxy) is 3. The molecule has 216 valence electrons. The molecular weight excluding hydrogens is 526 g/mol. The number of hydrogen-bond donors (Lipinski definition) is 9. The van der Waals surface area contributed by atoms with E-state index in [0.29, 0.717) is 5.56 Å². The van der Waals surface area contributed by atoms with Gasteiger partial charge < -0.3 is 60.8 Å². The molecule has 0 bridgehead atoms. The predicted octanol–water partition coefficient (Wildman–Crippen LogP) is -3.74. The highest BCUT2D eigenvalue weighted by atomic mass is 16.6. The van der Waals surface area contributed by atoms with E-state index in [0.717, 1.165) is 0 Å². The van der Waals surface area contributed by atoms with Crippen LogP contribution in [0.1, 0.15) is 18.4 Å². The van der Waals surface area contributed by atoms with Gasteiger partial charge in [-0.3, -0.25) is 9.59 Å². The number of benzene rings is 1. The summed E-state index contributed by atoms with van der Waals surface area (Å²) in [4.78, 5) is 48.3. The minimum Gasteiger partial charge on any atom is -0.480 e. The minimum absolute atomic E-state index is 0.0953. The molecule has 2 heterocycles. The van der Waals surface area contributed by atoms with Gasteiger partial charge in [0.05, 0.1) is 6.61 Å². The lowest BCUT2D eigenvalue weighted by Gasteiger charge is -2.20. The van der Waals surface area contributed by atoms with Crippen molar-refractivity contribution >= 4 is 23.9 Å². The normalized spacial score (nSPS) is 30.8. The van der Waals surface area contributed by atoms with Crippen LogP contribution in [0.25, 0.3) is 0 Å². The first-order valence-electron chi connectivity index (χ1n) is 12.0. The molecule has 0 aliphatic carbocycles. The van der Waals surface area contributed by atoms with Crippen LogP contribution in [-0.4, -0.2) is 116 Å². The fourth-order valence-electron chi connectivity index (χ4n) is 3.93. The highest BCUT2D eigenvalue weighted by Gasteiger charge is 2.49. The maximum atomic E-state index is 12.5. The monoisotopic (exact) mass is 557 g/mol. The van der Waals surface area contributed by atoms with Gasteiger partial charge in [-0.25, -0.2) is 9.59 Å². The second kappa shape index (κ2) is 13.6. The van der Waals surface area contributed by atoms with E-state index in [1.54, 1.807) is 30.3 Å². The molecule has 16 nitrogen and oxygen atoms in total. The number of rotatable bonds is 11. The van der Waals surface area contributed by atoms with Crippen LogP contribution >= 0.6 is 0 Å². The quantitative estimate of drug-likeness (QED) is 0.127. The Morgan fingerprint density at radius 3 is 2.15 bits per heavy atom. The molecule has 0 spiro atoms. The van der Waals surface area contributed by atoms with Crippen molar-refractivity contribution in [2.24, 2.45) is 0 Å². The average Bonchev–Trinajstić information content (AvgIpc) is 3.35. The number of alkyl carbamates (subject to hydrolysis) is 1. The summed E-state index contributed by atoms with van der Waals surface area (Å²) in [6.07, 6.45) is -14.3. The number of hydrogen-bond acceptors (Lipinski definition) is 12. The number of carbonyl (C=O) groups is 4. The Morgan fingerprint density at radius 1 is 0.897 bits per heavy atom. The van der Waals surface area contributed by atoms with E-state index in [2.05, 4.69) is 16.0 Å². The zero-order valence-corrected chi connectivity index (χ0v) is 20.5. The van der Waals surface area contributed by atoms with E-state index in [4.69, 9.17) is 19.3 Å². The molecule has 2 aliphatic rings. The molecule has 16 heteroatoms. The van der Waals surface area contributed by atoms with E-state index in [1.807, 2.05) is 0 Å². The predicted molar refractivity (Wildman–Crippen MR) is 125 cm³/mol. The highest BCUT2D eigenvalue weighted by Crippen LogP contribution is 2.23. The number of carboxylic acid groups (broad SMARTS) is 1. The molecular formula is C23H31N3O13. The Labute approximate surface area is 221 Å². The number of aliphatic hydroxyl groups excluding tert-OH is 5. The average molecular weight is 558 g/mol. The second-order valence-corrected chi connectivity index (χ2v) is 8.93. The SMILES string of the molecule is O=C(CC[C@H](NC(=O)OCc1ccccc1)C(=O)O)NC1O[C@H](C(=O)NC2O[C@H](CO)[C@@H](O)[C@H]2O)[C@@H](O)[C@H]1O. The summed E-state index contributed by atoms with van der Waals surface area (Å²) in [5.74, 6) is -3.28. The summed E-state index contributed by atoms with van der Waals surface area (Å²) in [5, 5.41) is 65.1. The third kappa shape index (κ3) is 7.82. The molecule has 1 aromatic rings. The summed E-state index contributed by atoms with van der Waals surface area (Å²) in [5.41, 5.74) is 0.682. The van der Waals surface area contributed by atoms with Crippen LogP contribution in [0.15, 0.2) is 30.3 Å². The smallest absolute Gasteiger partial charge is 0.408 e. The largest absolute Gasteiger partial charge is 0.480 e. The zero-order valence-electron chi connectivity index (χ0n) is 20.5. The number of nitrogens with one attached hydrogen (secondary N) is 3. The lowest BCUT2D eigenvalue weighted by molar-refractivity contribution is -0.144. The molecule has 2 fully saturated rings. The van der Waals surface area contributed by atoms with Crippen molar-refractivity contribution in [3.63, 3.8) is 0 Å². The van der Waals surface area contributed by atoms with E-state index in [-0.39, 0.29) is 13.0 Å². The van der Waals surface area contributed by atoms with E-state index >= 15 is 0 Å². The molecule has 1 aromatic carbocycles. The first-order valence-corrected chi connectivity index (χ1v) is 12.0. The molecule has 2 saturated heterocycles. The van der Waals surface area contributed by atoms with E-state index in [9.17, 15) is 44.7 Å². The number of aliphatic hydroxyl groups is 5. The second-order valence-electron chi connectivity index (χ2n) is 8.93. The fourth-order valence-corrected chi connectivity index (χ4v) is 3.93. The molecule has 0 radical (unpaired) electrons. The van der Waals surface area contributed by atoms with Gasteiger partial charge >= 0.3 is 12.1 Å². The number of aliphatic carboxylic acids is 1. The Kier molecular flexibility index (Phi) is 10.5. The van der Waals surface area contributed by atoms with Crippen molar-refractivity contribution in [1.29, 1.82) is 0 Å². The Morgan fingerprint density at radius 2 is 1.54 bits per heavy atom. The van der Waals surface area contributed by atoms with Crippen LogP contribution in [-0.2, 0) is 35.2 Å². The van der Waals surface area contributed by atoms with Crippen molar-refractivity contribution in [1.82, 2.24) is 16.0 Å². The van der Waals surface area contributed by atoms with Gasteiger partial charge in [0.25, 0.3) is 5.91 Å². The molecule has 2 aliphatic heterocycles. The summed E-state index contributed by atoms with van der Waals surface area (Å²) in [7, 11) is 0. The summed E-state index contributed by atoms with van der Waals surface area (Å²) >= 11 is 0. The van der Waals surface area contributed by atoms with Crippen molar-refractivity contribution in [3.8, 4) is 0 Å². The summed E-state index contributed by atoms with van der Waals surface area (Å²) in [6.45, 7) is -0.727. The van der Waals surface area contributed by atoms with Gasteiger partial charge in [0.15, 0.2) is 18.6 Å². The molecule has 0 saturated carbocycles. The van der Waals surface area contributed by atoms with Gasteiger partial charge in [-0.2, -0.15) is 0 Å². The molecule has 9 N–H and O–H groups in total. The Balaban J connectivity index is 1.46. The number of carbonyl (C=O) groups excluding carboxylic acids is 3. The van der Waals surface area contributed by atoms with Crippen LogP contribution in [0, 0.1) is 0 Å². The third-order valence-electron chi connectivity index (χ3n) is 6.12.